The van der Waals surface area contributed by atoms with Gasteiger partial charge in [0, 0.05) is 34.1 Å². The number of carbonyl (C=O) groups excluding carboxylic acids is 5. The number of aryl methyl sites for hydroxylation is 1. The Kier molecular flexibility index (Phi) is 15.4. The molecule has 0 saturated carbocycles. The van der Waals surface area contributed by atoms with Crippen LogP contribution in [0.5, 0.6) is 0 Å². The molecule has 8 rings (SSSR count). The summed E-state index contributed by atoms with van der Waals surface area (Å²) in [5.41, 5.74) is 22.5. The predicted octanol–water partition coefficient (Wildman–Crippen LogP) is 9.70. The van der Waals surface area contributed by atoms with E-state index in [2.05, 4.69) is 26.6 Å². The maximum Gasteiger partial charge on any atom is 0.291 e. The van der Waals surface area contributed by atoms with Crippen LogP contribution < -0.4 is 43.8 Å². The maximum atomic E-state index is 13.8. The molecular formula is C50H43FN8O7. The average Bonchev–Trinajstić information content (AvgIpc) is 4.07. The van der Waals surface area contributed by atoms with Crippen LogP contribution in [0.15, 0.2) is 185 Å². The van der Waals surface area contributed by atoms with Gasteiger partial charge in [0.2, 0.25) is 0 Å². The second-order valence-electron chi connectivity index (χ2n) is 14.1. The third-order valence-corrected chi connectivity index (χ3v) is 9.27. The van der Waals surface area contributed by atoms with Crippen molar-refractivity contribution in [1.29, 1.82) is 0 Å². The Hall–Kier alpha value is -9.44. The number of carbonyl (C=O) groups is 5. The van der Waals surface area contributed by atoms with Crippen molar-refractivity contribution in [2.24, 2.45) is 0 Å². The number of para-hydroxylation sites is 2. The second-order valence-corrected chi connectivity index (χ2v) is 14.1. The lowest BCUT2D eigenvalue weighted by Gasteiger charge is -2.13. The fraction of sp³-hybridized carbons (Fsp3) is 0.0200. The first-order valence-electron chi connectivity index (χ1n) is 20.0. The van der Waals surface area contributed by atoms with Crippen molar-refractivity contribution in [3.63, 3.8) is 0 Å². The molecule has 0 atom stereocenters. The minimum Gasteiger partial charge on any atom is -0.459 e. The molecule has 0 unspecified atom stereocenters. The van der Waals surface area contributed by atoms with Crippen molar-refractivity contribution in [2.45, 2.75) is 6.92 Å². The molecule has 15 nitrogen and oxygen atoms in total. The van der Waals surface area contributed by atoms with Gasteiger partial charge in [0.05, 0.1) is 40.6 Å². The highest BCUT2D eigenvalue weighted by Gasteiger charge is 2.19. The van der Waals surface area contributed by atoms with Crippen molar-refractivity contribution < 1.29 is 37.2 Å². The Labute approximate surface area is 377 Å². The van der Waals surface area contributed by atoms with Crippen LogP contribution in [0.3, 0.4) is 0 Å². The summed E-state index contributed by atoms with van der Waals surface area (Å²) in [6, 6.07) is 44.5. The van der Waals surface area contributed by atoms with Gasteiger partial charge in [0.25, 0.3) is 29.5 Å². The summed E-state index contributed by atoms with van der Waals surface area (Å²) >= 11 is 0. The van der Waals surface area contributed by atoms with E-state index in [-0.39, 0.29) is 45.7 Å². The molecule has 11 N–H and O–H groups in total. The molecule has 0 aliphatic heterocycles. The molecule has 0 aliphatic carbocycles. The number of rotatable bonds is 10. The molecule has 5 amide bonds. The monoisotopic (exact) mass is 886 g/mol. The van der Waals surface area contributed by atoms with Crippen LogP contribution in [0.1, 0.15) is 57.7 Å². The van der Waals surface area contributed by atoms with Crippen LogP contribution in [0, 0.1) is 12.7 Å². The second kappa shape index (κ2) is 22.1. The van der Waals surface area contributed by atoms with Gasteiger partial charge < -0.3 is 52.6 Å². The minimum atomic E-state index is -0.651. The molecular weight excluding hydrogens is 844 g/mol. The molecule has 0 fully saturated rings. The average molecular weight is 887 g/mol. The molecule has 332 valence electrons. The smallest absolute Gasteiger partial charge is 0.291 e. The number of anilines is 8. The molecule has 0 radical (unpaired) electrons. The van der Waals surface area contributed by atoms with Gasteiger partial charge in [-0.1, -0.05) is 48.5 Å². The number of nitrogens with one attached hydrogen (secondary N) is 5. The van der Waals surface area contributed by atoms with E-state index in [0.29, 0.717) is 39.8 Å². The van der Waals surface area contributed by atoms with Gasteiger partial charge in [-0.15, -0.1) is 0 Å². The summed E-state index contributed by atoms with van der Waals surface area (Å²) in [5, 5.41) is 13.4. The van der Waals surface area contributed by atoms with Gasteiger partial charge in [0.1, 0.15) is 5.82 Å². The van der Waals surface area contributed by atoms with Crippen molar-refractivity contribution in [2.75, 3.05) is 43.8 Å². The minimum absolute atomic E-state index is 0.112. The lowest BCUT2D eigenvalue weighted by Crippen LogP contribution is -2.19. The number of hydrogen-bond acceptors (Lipinski definition) is 10. The highest BCUT2D eigenvalue weighted by molar-refractivity contribution is 6.14. The van der Waals surface area contributed by atoms with Crippen LogP contribution in [0.4, 0.5) is 49.9 Å². The molecule has 16 heteroatoms. The Bertz CT molecular complexity index is 2950. The number of nitrogens with two attached hydrogens (primary N) is 3. The number of furan rings is 2. The maximum absolute atomic E-state index is 13.8. The van der Waals surface area contributed by atoms with E-state index in [1.807, 2.05) is 37.3 Å². The predicted molar refractivity (Wildman–Crippen MR) is 254 cm³/mol. The Morgan fingerprint density at radius 3 is 1.33 bits per heavy atom. The summed E-state index contributed by atoms with van der Waals surface area (Å²) in [4.78, 5) is 61.2. The Morgan fingerprint density at radius 2 is 0.864 bits per heavy atom. The molecule has 8 aromatic rings. The summed E-state index contributed by atoms with van der Waals surface area (Å²) in [5.74, 6) is -2.38. The highest BCUT2D eigenvalue weighted by atomic mass is 19.1. The van der Waals surface area contributed by atoms with E-state index in [4.69, 9.17) is 26.0 Å². The summed E-state index contributed by atoms with van der Waals surface area (Å²) in [6.45, 7) is 1.89. The molecule has 2 aromatic heterocycles. The SMILES string of the molecule is Cc1cc(NC(=O)c2ccco2)ccc1N.Nc1ccc(NC(=O)c2ccccc2F)c(C(=O)Nc2ccccc2)c1.Nc1ccc(NC(=O)c2ccco2)c(C(=O)Nc2ccccc2)c1. The fourth-order valence-electron chi connectivity index (χ4n) is 5.94. The third kappa shape index (κ3) is 12.8. The van der Waals surface area contributed by atoms with Crippen molar-refractivity contribution in [3.8, 4) is 0 Å². The summed E-state index contributed by atoms with van der Waals surface area (Å²) in [6.07, 6.45) is 2.87. The van der Waals surface area contributed by atoms with Crippen molar-refractivity contribution >= 4 is 75.0 Å². The summed E-state index contributed by atoms with van der Waals surface area (Å²) in [7, 11) is 0. The lowest BCUT2D eigenvalue weighted by molar-refractivity contribution is 0.0988. The van der Waals surface area contributed by atoms with Crippen LogP contribution in [-0.4, -0.2) is 29.5 Å². The van der Waals surface area contributed by atoms with Crippen LogP contribution in [-0.2, 0) is 0 Å². The van der Waals surface area contributed by atoms with E-state index < -0.39 is 23.5 Å². The molecule has 66 heavy (non-hydrogen) atoms. The zero-order valence-corrected chi connectivity index (χ0v) is 35.2. The number of benzene rings is 6. The van der Waals surface area contributed by atoms with Gasteiger partial charge >= 0.3 is 0 Å². The Morgan fingerprint density at radius 1 is 0.424 bits per heavy atom. The zero-order chi connectivity index (χ0) is 47.0. The summed E-state index contributed by atoms with van der Waals surface area (Å²) < 4.78 is 23.8. The quantitative estimate of drug-likeness (QED) is 0.0604. The highest BCUT2D eigenvalue weighted by Crippen LogP contribution is 2.24. The van der Waals surface area contributed by atoms with Gasteiger partial charge in [-0.25, -0.2) is 4.39 Å². The van der Waals surface area contributed by atoms with E-state index in [0.717, 1.165) is 5.56 Å². The molecule has 0 aliphatic rings. The third-order valence-electron chi connectivity index (χ3n) is 9.27. The van der Waals surface area contributed by atoms with Gasteiger partial charge in [-0.05, 0) is 128 Å². The molecule has 2 heterocycles. The molecule has 0 spiro atoms. The van der Waals surface area contributed by atoms with E-state index in [9.17, 15) is 28.4 Å². The largest absolute Gasteiger partial charge is 0.459 e. The fourth-order valence-corrected chi connectivity index (χ4v) is 5.94. The van der Waals surface area contributed by atoms with Crippen molar-refractivity contribution in [3.05, 3.63) is 216 Å². The van der Waals surface area contributed by atoms with E-state index in [1.165, 1.54) is 55.0 Å². The number of halogens is 1. The topological polar surface area (TPSA) is 250 Å². The standard InChI is InChI=1S/C20H16FN3O2.C18H15N3O3.C12H12N2O2/c21-17-9-5-4-8-15(17)19(25)24-18-11-10-13(22)12-16(18)20(26)23-14-6-2-1-3-7-14;19-12-8-9-15(21-18(23)16-7-4-10-24-16)14(11-12)17(22)20-13-5-2-1-3-6-13;1-8-7-9(4-5-10(8)13)14-12(15)11-3-2-6-16-11/h1-12H,22H2,(H,23,26)(H,24,25);1-11H,19H2,(H,20,22)(H,21,23);2-7H,13H2,1H3,(H,14,15). The van der Waals surface area contributed by atoms with Crippen LogP contribution in [0.2, 0.25) is 0 Å². The van der Waals surface area contributed by atoms with Crippen molar-refractivity contribution in [1.82, 2.24) is 0 Å². The molecule has 0 saturated heterocycles. The van der Waals surface area contributed by atoms with E-state index in [1.54, 1.807) is 91.0 Å². The lowest BCUT2D eigenvalue weighted by atomic mass is 10.1. The van der Waals surface area contributed by atoms with Crippen LogP contribution >= 0.6 is 0 Å². The normalized spacial score (nSPS) is 10.2. The van der Waals surface area contributed by atoms with Gasteiger partial charge in [0.15, 0.2) is 11.5 Å². The van der Waals surface area contributed by atoms with Gasteiger partial charge in [-0.2, -0.15) is 0 Å². The number of amides is 5. The zero-order valence-electron chi connectivity index (χ0n) is 35.2. The Balaban J connectivity index is 0.000000168. The van der Waals surface area contributed by atoms with Crippen LogP contribution in [0.25, 0.3) is 0 Å². The first kappa shape index (κ1) is 46.1. The number of hydrogen-bond donors (Lipinski definition) is 8. The first-order valence-corrected chi connectivity index (χ1v) is 20.0. The van der Waals surface area contributed by atoms with E-state index >= 15 is 0 Å². The molecule has 6 aromatic carbocycles. The first-order chi connectivity index (χ1) is 31.8. The molecule has 0 bridgehead atoms. The number of nitrogen functional groups attached to an aromatic ring is 3. The van der Waals surface area contributed by atoms with Gasteiger partial charge in [-0.3, -0.25) is 24.0 Å².